The van der Waals surface area contributed by atoms with E-state index in [1.165, 1.54) is 6.07 Å². The first-order valence-electron chi connectivity index (χ1n) is 9.79. The van der Waals surface area contributed by atoms with Gasteiger partial charge in [-0.1, -0.05) is 49.2 Å². The minimum atomic E-state index is -0.814. The molecule has 0 radical (unpaired) electrons. The normalized spacial score (nSPS) is 10.2. The molecule has 2 aromatic carbocycles. The monoisotopic (exact) mass is 410 g/mol. The van der Waals surface area contributed by atoms with Gasteiger partial charge in [-0.05, 0) is 38.0 Å². The summed E-state index contributed by atoms with van der Waals surface area (Å²) in [5.74, 6) is -1.87. The van der Waals surface area contributed by atoms with Crippen LogP contribution >= 0.6 is 0 Å². The molecule has 0 fully saturated rings. The number of ketones is 1. The highest BCUT2D eigenvalue weighted by Crippen LogP contribution is 2.19. The van der Waals surface area contributed by atoms with Gasteiger partial charge in [-0.3, -0.25) is 14.9 Å². The fourth-order valence-electron chi connectivity index (χ4n) is 2.78. The maximum absolute atomic E-state index is 13.0. The fourth-order valence-corrected chi connectivity index (χ4v) is 2.78. The molecule has 0 aliphatic carbocycles. The summed E-state index contributed by atoms with van der Waals surface area (Å²) in [7, 11) is 0. The summed E-state index contributed by atoms with van der Waals surface area (Å²) in [6.45, 7) is 5.50. The number of ether oxygens (including phenoxy) is 1. The van der Waals surface area contributed by atoms with Crippen LogP contribution < -0.4 is 10.6 Å². The molecule has 0 aliphatic heterocycles. The molecular formula is C23H26N2O5. The smallest absolute Gasteiger partial charge is 0.339 e. The van der Waals surface area contributed by atoms with Crippen molar-refractivity contribution < 1.29 is 23.9 Å². The molecule has 7 nitrogen and oxygen atoms in total. The van der Waals surface area contributed by atoms with E-state index in [-0.39, 0.29) is 16.9 Å². The summed E-state index contributed by atoms with van der Waals surface area (Å²) in [6, 6.07) is 11.2. The Morgan fingerprint density at radius 2 is 1.63 bits per heavy atom. The van der Waals surface area contributed by atoms with E-state index in [0.29, 0.717) is 12.1 Å². The molecule has 2 N–H and O–H groups in total. The molecule has 30 heavy (non-hydrogen) atoms. The molecule has 2 rings (SSSR count). The number of rotatable bonds is 8. The largest absolute Gasteiger partial charge is 0.452 e. The summed E-state index contributed by atoms with van der Waals surface area (Å²) >= 11 is 0. The first-order chi connectivity index (χ1) is 14.3. The molecule has 0 spiro atoms. The lowest BCUT2D eigenvalue weighted by atomic mass is 9.94. The van der Waals surface area contributed by atoms with E-state index in [1.807, 2.05) is 32.9 Å². The van der Waals surface area contributed by atoms with Crippen LogP contribution in [0.5, 0.6) is 0 Å². The first-order valence-corrected chi connectivity index (χ1v) is 9.79. The standard InChI is InChI=1S/C23H26N2O5/c1-4-5-12-24-23(29)25-20(26)14-30-22(28)18-9-7-6-8-17(18)21(27)19-13-15(2)10-11-16(19)3/h6-11,13H,4-5,12,14H2,1-3H3,(H2,24,25,26,29). The van der Waals surface area contributed by atoms with Gasteiger partial charge >= 0.3 is 12.0 Å². The highest BCUT2D eigenvalue weighted by atomic mass is 16.5. The number of hydrogen-bond acceptors (Lipinski definition) is 5. The van der Waals surface area contributed by atoms with E-state index in [4.69, 9.17) is 4.74 Å². The van der Waals surface area contributed by atoms with Crippen LogP contribution in [-0.2, 0) is 9.53 Å². The maximum atomic E-state index is 13.0. The zero-order valence-electron chi connectivity index (χ0n) is 17.4. The van der Waals surface area contributed by atoms with E-state index in [0.717, 1.165) is 24.0 Å². The number of amides is 3. The van der Waals surface area contributed by atoms with Gasteiger partial charge in [-0.25, -0.2) is 9.59 Å². The summed E-state index contributed by atoms with van der Waals surface area (Å²) in [5.41, 5.74) is 2.47. The van der Waals surface area contributed by atoms with Crippen molar-refractivity contribution in [1.82, 2.24) is 10.6 Å². The second kappa shape index (κ2) is 10.9. The van der Waals surface area contributed by atoms with Crippen LogP contribution in [0.15, 0.2) is 42.5 Å². The molecule has 0 saturated heterocycles. The lowest BCUT2D eigenvalue weighted by molar-refractivity contribution is -0.123. The molecule has 0 aliphatic rings. The quantitative estimate of drug-likeness (QED) is 0.395. The van der Waals surface area contributed by atoms with E-state index in [1.54, 1.807) is 24.3 Å². The van der Waals surface area contributed by atoms with Crippen molar-refractivity contribution in [3.63, 3.8) is 0 Å². The van der Waals surface area contributed by atoms with Gasteiger partial charge in [0, 0.05) is 17.7 Å². The second-order valence-corrected chi connectivity index (χ2v) is 6.93. The third-order valence-corrected chi connectivity index (χ3v) is 4.43. The number of hydrogen-bond donors (Lipinski definition) is 2. The minimum Gasteiger partial charge on any atom is -0.452 e. The Bertz CT molecular complexity index is 952. The predicted molar refractivity (Wildman–Crippen MR) is 113 cm³/mol. The SMILES string of the molecule is CCCCNC(=O)NC(=O)COC(=O)c1ccccc1C(=O)c1cc(C)ccc1C. The highest BCUT2D eigenvalue weighted by Gasteiger charge is 2.21. The third-order valence-electron chi connectivity index (χ3n) is 4.43. The molecule has 0 atom stereocenters. The molecule has 158 valence electrons. The lowest BCUT2D eigenvalue weighted by Crippen LogP contribution is -2.41. The van der Waals surface area contributed by atoms with E-state index >= 15 is 0 Å². The van der Waals surface area contributed by atoms with Crippen molar-refractivity contribution in [3.05, 3.63) is 70.3 Å². The van der Waals surface area contributed by atoms with Crippen molar-refractivity contribution in [1.29, 1.82) is 0 Å². The molecule has 0 unspecified atom stereocenters. The number of carbonyl (C=O) groups excluding carboxylic acids is 4. The third kappa shape index (κ3) is 6.27. The number of aryl methyl sites for hydroxylation is 2. The molecule has 0 aromatic heterocycles. The number of nitrogens with one attached hydrogen (secondary N) is 2. The Balaban J connectivity index is 2.05. The fraction of sp³-hybridized carbons (Fsp3) is 0.304. The molecule has 0 heterocycles. The van der Waals surface area contributed by atoms with Crippen LogP contribution in [0.4, 0.5) is 4.79 Å². The summed E-state index contributed by atoms with van der Waals surface area (Å²) in [4.78, 5) is 48.9. The maximum Gasteiger partial charge on any atom is 0.339 e. The van der Waals surface area contributed by atoms with Gasteiger partial charge < -0.3 is 10.1 Å². The van der Waals surface area contributed by atoms with Gasteiger partial charge in [0.1, 0.15) is 0 Å². The number of esters is 1. The number of benzene rings is 2. The van der Waals surface area contributed by atoms with Gasteiger partial charge in [0.05, 0.1) is 5.56 Å². The van der Waals surface area contributed by atoms with Gasteiger partial charge in [0.15, 0.2) is 12.4 Å². The molecule has 0 saturated carbocycles. The van der Waals surface area contributed by atoms with Gasteiger partial charge in [0.2, 0.25) is 0 Å². The molecule has 0 bridgehead atoms. The Morgan fingerprint density at radius 1 is 0.933 bits per heavy atom. The van der Waals surface area contributed by atoms with Crippen molar-refractivity contribution in [2.24, 2.45) is 0 Å². The Labute approximate surface area is 175 Å². The van der Waals surface area contributed by atoms with E-state index in [2.05, 4.69) is 10.6 Å². The number of imide groups is 1. The topological polar surface area (TPSA) is 102 Å². The predicted octanol–water partition coefficient (Wildman–Crippen LogP) is 3.32. The van der Waals surface area contributed by atoms with Gasteiger partial charge in [0.25, 0.3) is 5.91 Å². The van der Waals surface area contributed by atoms with Crippen LogP contribution in [0.25, 0.3) is 0 Å². The Morgan fingerprint density at radius 3 is 2.33 bits per heavy atom. The zero-order valence-corrected chi connectivity index (χ0v) is 17.4. The minimum absolute atomic E-state index is 0.0589. The number of carbonyl (C=O) groups is 4. The summed E-state index contributed by atoms with van der Waals surface area (Å²) in [5, 5.41) is 4.62. The number of unbranched alkanes of at least 4 members (excludes halogenated alkanes) is 1. The zero-order chi connectivity index (χ0) is 22.1. The summed E-state index contributed by atoms with van der Waals surface area (Å²) < 4.78 is 5.01. The van der Waals surface area contributed by atoms with Crippen LogP contribution in [0.2, 0.25) is 0 Å². The van der Waals surface area contributed by atoms with E-state index in [9.17, 15) is 19.2 Å². The van der Waals surface area contributed by atoms with Crippen LogP contribution in [-0.4, -0.2) is 36.8 Å². The van der Waals surface area contributed by atoms with Gasteiger partial charge in [-0.2, -0.15) is 0 Å². The first kappa shape index (κ1) is 22.8. The molecular weight excluding hydrogens is 384 g/mol. The second-order valence-electron chi connectivity index (χ2n) is 6.93. The average Bonchev–Trinajstić information content (AvgIpc) is 2.73. The van der Waals surface area contributed by atoms with Crippen LogP contribution in [0.1, 0.15) is 57.2 Å². The van der Waals surface area contributed by atoms with E-state index < -0.39 is 24.5 Å². The Kier molecular flexibility index (Phi) is 8.29. The highest BCUT2D eigenvalue weighted by molar-refractivity contribution is 6.15. The van der Waals surface area contributed by atoms with Gasteiger partial charge in [-0.15, -0.1) is 0 Å². The van der Waals surface area contributed by atoms with Crippen molar-refractivity contribution in [2.75, 3.05) is 13.2 Å². The van der Waals surface area contributed by atoms with Crippen molar-refractivity contribution in [3.8, 4) is 0 Å². The van der Waals surface area contributed by atoms with Crippen molar-refractivity contribution in [2.45, 2.75) is 33.6 Å². The average molecular weight is 410 g/mol. The number of urea groups is 1. The van der Waals surface area contributed by atoms with Crippen molar-refractivity contribution >= 4 is 23.7 Å². The molecule has 3 amide bonds. The lowest BCUT2D eigenvalue weighted by Gasteiger charge is -2.11. The molecule has 7 heteroatoms. The molecule has 2 aromatic rings. The van der Waals surface area contributed by atoms with Crippen LogP contribution in [0.3, 0.4) is 0 Å². The summed E-state index contributed by atoms with van der Waals surface area (Å²) in [6.07, 6.45) is 1.70. The Hall–Kier alpha value is -3.48. The van der Waals surface area contributed by atoms with Crippen LogP contribution in [0, 0.1) is 13.8 Å².